The third kappa shape index (κ3) is 4.81. The molecule has 0 aromatic heterocycles. The molecule has 0 saturated heterocycles. The molecular formula is C17H22O4. The second-order valence-corrected chi connectivity index (χ2v) is 5.36. The van der Waals surface area contributed by atoms with Crippen molar-refractivity contribution in [2.75, 3.05) is 6.61 Å². The summed E-state index contributed by atoms with van der Waals surface area (Å²) < 4.78 is 16.5. The Labute approximate surface area is 125 Å². The van der Waals surface area contributed by atoms with Gasteiger partial charge in [0, 0.05) is 19.8 Å². The maximum absolute atomic E-state index is 11.5. The van der Waals surface area contributed by atoms with Crippen LogP contribution >= 0.6 is 0 Å². The Kier molecular flexibility index (Phi) is 5.26. The van der Waals surface area contributed by atoms with Gasteiger partial charge in [0.15, 0.2) is 12.4 Å². The highest BCUT2D eigenvalue weighted by atomic mass is 16.7. The van der Waals surface area contributed by atoms with Crippen molar-refractivity contribution < 1.29 is 19.0 Å². The average Bonchev–Trinajstić information content (AvgIpc) is 2.85. The molecule has 1 unspecified atom stereocenters. The molecule has 0 spiro atoms. The minimum Gasteiger partial charge on any atom is -0.457 e. The third-order valence-electron chi connectivity index (χ3n) is 3.26. The Morgan fingerprint density at radius 2 is 2.05 bits per heavy atom. The summed E-state index contributed by atoms with van der Waals surface area (Å²) in [7, 11) is 0. The molecule has 1 aromatic rings. The Balaban J connectivity index is 1.78. The zero-order valence-electron chi connectivity index (χ0n) is 12.6. The summed E-state index contributed by atoms with van der Waals surface area (Å²) in [5.41, 5.74) is 1.13. The van der Waals surface area contributed by atoms with Gasteiger partial charge in [-0.15, -0.1) is 0 Å². The van der Waals surface area contributed by atoms with Crippen LogP contribution in [0.15, 0.2) is 42.4 Å². The highest BCUT2D eigenvalue weighted by molar-refractivity contribution is 5.69. The molecule has 2 rings (SSSR count). The van der Waals surface area contributed by atoms with E-state index in [0.717, 1.165) is 18.4 Å². The molecule has 0 aliphatic carbocycles. The first-order chi connectivity index (χ1) is 10.1. The van der Waals surface area contributed by atoms with Crippen LogP contribution < -0.4 is 0 Å². The van der Waals surface area contributed by atoms with Crippen LogP contribution in [0.3, 0.4) is 0 Å². The molecule has 4 heteroatoms. The first kappa shape index (κ1) is 15.4. The maximum Gasteiger partial charge on any atom is 0.306 e. The summed E-state index contributed by atoms with van der Waals surface area (Å²) in [6.07, 6.45) is 4.45. The molecule has 1 aliphatic heterocycles. The second kappa shape index (κ2) is 7.16. The lowest BCUT2D eigenvalue weighted by atomic mass is 10.1. The Morgan fingerprint density at radius 1 is 1.29 bits per heavy atom. The predicted octanol–water partition coefficient (Wildman–Crippen LogP) is 3.57. The number of unbranched alkanes of at least 4 members (excludes halogenated alkanes) is 1. The fraction of sp³-hybridized carbons (Fsp3) is 0.471. The smallest absolute Gasteiger partial charge is 0.306 e. The van der Waals surface area contributed by atoms with E-state index in [-0.39, 0.29) is 12.6 Å². The van der Waals surface area contributed by atoms with Gasteiger partial charge in [0.25, 0.3) is 5.79 Å². The molecule has 1 heterocycles. The van der Waals surface area contributed by atoms with E-state index in [2.05, 4.69) is 0 Å². The highest BCUT2D eigenvalue weighted by Crippen LogP contribution is 2.28. The van der Waals surface area contributed by atoms with Crippen LogP contribution in [0.25, 0.3) is 0 Å². The number of carbonyl (C=O) groups is 1. The molecule has 0 fully saturated rings. The Bertz CT molecular complexity index is 495. The normalized spacial score (nSPS) is 20.4. The number of ether oxygens (including phenoxy) is 3. The maximum atomic E-state index is 11.5. The van der Waals surface area contributed by atoms with E-state index >= 15 is 0 Å². The van der Waals surface area contributed by atoms with Gasteiger partial charge in [-0.05, 0) is 12.0 Å². The standard InChI is InChI=1S/C17H22O4/c1-3-4-10-16(18)19-12-15-13-20-17(2,21-15)11-14-8-6-5-7-9-14/h5-9,13H,3-4,10-12H2,1-2H3. The van der Waals surface area contributed by atoms with Gasteiger partial charge in [-0.1, -0.05) is 43.7 Å². The topological polar surface area (TPSA) is 44.8 Å². The van der Waals surface area contributed by atoms with Gasteiger partial charge in [-0.3, -0.25) is 4.79 Å². The van der Waals surface area contributed by atoms with Crippen LogP contribution in [0, 0.1) is 0 Å². The van der Waals surface area contributed by atoms with Gasteiger partial charge in [0.2, 0.25) is 0 Å². The lowest BCUT2D eigenvalue weighted by Crippen LogP contribution is -2.29. The molecule has 1 aliphatic rings. The van der Waals surface area contributed by atoms with Gasteiger partial charge < -0.3 is 14.2 Å². The third-order valence-corrected chi connectivity index (χ3v) is 3.26. The zero-order chi connectivity index (χ0) is 15.1. The number of benzene rings is 1. The Morgan fingerprint density at radius 3 is 2.76 bits per heavy atom. The van der Waals surface area contributed by atoms with Crippen molar-refractivity contribution in [2.45, 2.75) is 45.3 Å². The monoisotopic (exact) mass is 290 g/mol. The van der Waals surface area contributed by atoms with Crippen molar-refractivity contribution in [1.29, 1.82) is 0 Å². The molecular weight excluding hydrogens is 268 g/mol. The largest absolute Gasteiger partial charge is 0.457 e. The number of esters is 1. The van der Waals surface area contributed by atoms with E-state index < -0.39 is 5.79 Å². The molecule has 0 radical (unpaired) electrons. The van der Waals surface area contributed by atoms with E-state index in [1.54, 1.807) is 0 Å². The van der Waals surface area contributed by atoms with Crippen LogP contribution in [-0.2, 0) is 25.4 Å². The predicted molar refractivity (Wildman–Crippen MR) is 79.3 cm³/mol. The number of rotatable bonds is 7. The summed E-state index contributed by atoms with van der Waals surface area (Å²) in [5, 5.41) is 0. The van der Waals surface area contributed by atoms with Crippen molar-refractivity contribution >= 4 is 5.97 Å². The molecule has 1 aromatic carbocycles. The van der Waals surface area contributed by atoms with Gasteiger partial charge in [-0.2, -0.15) is 0 Å². The van der Waals surface area contributed by atoms with E-state index in [4.69, 9.17) is 14.2 Å². The lowest BCUT2D eigenvalue weighted by Gasteiger charge is -2.24. The van der Waals surface area contributed by atoms with E-state index in [9.17, 15) is 4.79 Å². The fourth-order valence-electron chi connectivity index (χ4n) is 2.17. The van der Waals surface area contributed by atoms with Crippen LogP contribution in [0.5, 0.6) is 0 Å². The molecule has 1 atom stereocenters. The van der Waals surface area contributed by atoms with Gasteiger partial charge in [0.1, 0.15) is 6.26 Å². The number of carbonyl (C=O) groups excluding carboxylic acids is 1. The first-order valence-electron chi connectivity index (χ1n) is 7.37. The molecule has 4 nitrogen and oxygen atoms in total. The van der Waals surface area contributed by atoms with Gasteiger partial charge >= 0.3 is 5.97 Å². The summed E-state index contributed by atoms with van der Waals surface area (Å²) >= 11 is 0. The first-order valence-corrected chi connectivity index (χ1v) is 7.37. The summed E-state index contributed by atoms with van der Waals surface area (Å²) in [5.74, 6) is -0.372. The van der Waals surface area contributed by atoms with E-state index in [1.807, 2.05) is 44.2 Å². The van der Waals surface area contributed by atoms with Crippen molar-refractivity contribution in [3.8, 4) is 0 Å². The minimum atomic E-state index is -0.730. The lowest BCUT2D eigenvalue weighted by molar-refractivity contribution is -0.150. The minimum absolute atomic E-state index is 0.132. The van der Waals surface area contributed by atoms with E-state index in [1.165, 1.54) is 6.26 Å². The highest BCUT2D eigenvalue weighted by Gasteiger charge is 2.34. The number of hydrogen-bond acceptors (Lipinski definition) is 4. The quantitative estimate of drug-likeness (QED) is 0.720. The summed E-state index contributed by atoms with van der Waals surface area (Å²) in [4.78, 5) is 11.5. The summed E-state index contributed by atoms with van der Waals surface area (Å²) in [6.45, 7) is 4.05. The zero-order valence-corrected chi connectivity index (χ0v) is 12.6. The fourth-order valence-corrected chi connectivity index (χ4v) is 2.17. The molecule has 0 amide bonds. The molecule has 0 N–H and O–H groups in total. The van der Waals surface area contributed by atoms with Crippen LogP contribution in [0.2, 0.25) is 0 Å². The van der Waals surface area contributed by atoms with Crippen molar-refractivity contribution in [1.82, 2.24) is 0 Å². The SMILES string of the molecule is CCCCC(=O)OCC1=COC(C)(Cc2ccccc2)O1. The van der Waals surface area contributed by atoms with Gasteiger partial charge in [-0.25, -0.2) is 0 Å². The van der Waals surface area contributed by atoms with Crippen LogP contribution in [0.1, 0.15) is 38.7 Å². The average molecular weight is 290 g/mol. The van der Waals surface area contributed by atoms with Crippen molar-refractivity contribution in [3.05, 3.63) is 47.9 Å². The molecule has 0 bridgehead atoms. The Hall–Kier alpha value is -1.97. The van der Waals surface area contributed by atoms with Crippen LogP contribution in [0.4, 0.5) is 0 Å². The van der Waals surface area contributed by atoms with E-state index in [0.29, 0.717) is 18.6 Å². The molecule has 21 heavy (non-hydrogen) atoms. The molecule has 114 valence electrons. The van der Waals surface area contributed by atoms with Crippen molar-refractivity contribution in [3.63, 3.8) is 0 Å². The second-order valence-electron chi connectivity index (χ2n) is 5.36. The molecule has 0 saturated carbocycles. The number of hydrogen-bond donors (Lipinski definition) is 0. The van der Waals surface area contributed by atoms with Crippen LogP contribution in [-0.4, -0.2) is 18.4 Å². The van der Waals surface area contributed by atoms with Crippen molar-refractivity contribution in [2.24, 2.45) is 0 Å². The summed E-state index contributed by atoms with van der Waals surface area (Å²) in [6, 6.07) is 10.00. The van der Waals surface area contributed by atoms with Gasteiger partial charge in [0.05, 0.1) is 0 Å².